The highest BCUT2D eigenvalue weighted by atomic mass is 32.2. The van der Waals surface area contributed by atoms with Gasteiger partial charge in [0.25, 0.3) is 5.91 Å². The molecule has 2 heterocycles. The Balaban J connectivity index is 1.79. The molecule has 0 aliphatic heterocycles. The Labute approximate surface area is 175 Å². The standard InChI is InChI=1S/C21H17N3O3S2/c1-3-28-21-24-23-20(29-21)22-19(26)15-11-7-10-14-16(25)12(2)17(27-18(14)15)13-8-5-4-6-9-13/h4-11H,3H2,1-2H3,(H,22,23,26). The summed E-state index contributed by atoms with van der Waals surface area (Å²) in [6, 6.07) is 14.4. The second-order valence-corrected chi connectivity index (χ2v) is 8.68. The summed E-state index contributed by atoms with van der Waals surface area (Å²) in [7, 11) is 0. The van der Waals surface area contributed by atoms with Crippen molar-refractivity contribution in [3.8, 4) is 11.3 Å². The van der Waals surface area contributed by atoms with Gasteiger partial charge in [-0.25, -0.2) is 0 Å². The highest BCUT2D eigenvalue weighted by Gasteiger charge is 2.19. The van der Waals surface area contributed by atoms with Crippen molar-refractivity contribution in [2.24, 2.45) is 0 Å². The van der Waals surface area contributed by atoms with E-state index in [4.69, 9.17) is 4.42 Å². The van der Waals surface area contributed by atoms with Crippen molar-refractivity contribution in [2.75, 3.05) is 11.1 Å². The second-order valence-electron chi connectivity index (χ2n) is 6.19. The molecule has 1 N–H and O–H groups in total. The molecular weight excluding hydrogens is 406 g/mol. The molecule has 4 rings (SSSR count). The van der Waals surface area contributed by atoms with Gasteiger partial charge >= 0.3 is 0 Å². The molecule has 0 aliphatic rings. The van der Waals surface area contributed by atoms with Gasteiger partial charge in [-0.15, -0.1) is 10.2 Å². The second kappa shape index (κ2) is 8.18. The summed E-state index contributed by atoms with van der Waals surface area (Å²) in [6.07, 6.45) is 0. The van der Waals surface area contributed by atoms with Gasteiger partial charge in [-0.1, -0.05) is 66.4 Å². The smallest absolute Gasteiger partial charge is 0.261 e. The van der Waals surface area contributed by atoms with Crippen LogP contribution in [0.1, 0.15) is 22.8 Å². The van der Waals surface area contributed by atoms with E-state index in [1.165, 1.54) is 11.3 Å². The number of thioether (sulfide) groups is 1. The summed E-state index contributed by atoms with van der Waals surface area (Å²) in [5, 5.41) is 11.6. The number of benzene rings is 2. The number of hydrogen-bond donors (Lipinski definition) is 1. The highest BCUT2D eigenvalue weighted by Crippen LogP contribution is 2.29. The molecule has 146 valence electrons. The van der Waals surface area contributed by atoms with E-state index < -0.39 is 5.91 Å². The molecule has 0 bridgehead atoms. The largest absolute Gasteiger partial charge is 0.455 e. The minimum absolute atomic E-state index is 0.155. The first-order valence-corrected chi connectivity index (χ1v) is 10.8. The maximum atomic E-state index is 12.9. The molecule has 4 aromatic rings. The van der Waals surface area contributed by atoms with Crippen LogP contribution in [0, 0.1) is 6.92 Å². The van der Waals surface area contributed by atoms with Crippen LogP contribution in [0.4, 0.5) is 5.13 Å². The Morgan fingerprint density at radius 1 is 1.14 bits per heavy atom. The van der Waals surface area contributed by atoms with Crippen LogP contribution >= 0.6 is 23.1 Å². The van der Waals surface area contributed by atoms with E-state index in [-0.39, 0.29) is 16.6 Å². The first kappa shape index (κ1) is 19.4. The lowest BCUT2D eigenvalue weighted by atomic mass is 10.0. The number of aromatic nitrogens is 2. The van der Waals surface area contributed by atoms with Crippen LogP contribution < -0.4 is 10.7 Å². The number of hydrogen-bond acceptors (Lipinski definition) is 7. The van der Waals surface area contributed by atoms with Gasteiger partial charge in [-0.3, -0.25) is 14.9 Å². The summed E-state index contributed by atoms with van der Waals surface area (Å²) < 4.78 is 6.88. The van der Waals surface area contributed by atoms with Crippen LogP contribution in [-0.4, -0.2) is 21.9 Å². The van der Waals surface area contributed by atoms with Gasteiger partial charge in [-0.05, 0) is 24.8 Å². The van der Waals surface area contributed by atoms with Crippen LogP contribution in [0.15, 0.2) is 62.1 Å². The number of rotatable bonds is 5. The normalized spacial score (nSPS) is 11.0. The molecule has 0 unspecified atom stereocenters. The molecule has 0 aliphatic carbocycles. The van der Waals surface area contributed by atoms with E-state index in [9.17, 15) is 9.59 Å². The number of carbonyl (C=O) groups is 1. The Kier molecular flexibility index (Phi) is 5.46. The van der Waals surface area contributed by atoms with Crippen molar-refractivity contribution in [2.45, 2.75) is 18.2 Å². The fourth-order valence-electron chi connectivity index (χ4n) is 2.96. The lowest BCUT2D eigenvalue weighted by Crippen LogP contribution is -2.14. The van der Waals surface area contributed by atoms with Gasteiger partial charge < -0.3 is 4.42 Å². The molecule has 2 aromatic heterocycles. The quantitative estimate of drug-likeness (QED) is 0.360. The predicted octanol–water partition coefficient (Wildman–Crippen LogP) is 4.98. The Bertz CT molecular complexity index is 1250. The monoisotopic (exact) mass is 423 g/mol. The molecule has 8 heteroatoms. The van der Waals surface area contributed by atoms with Gasteiger partial charge in [0.15, 0.2) is 15.4 Å². The third kappa shape index (κ3) is 3.81. The van der Waals surface area contributed by atoms with Crippen molar-refractivity contribution in [3.63, 3.8) is 0 Å². The number of nitrogens with zero attached hydrogens (tertiary/aromatic N) is 2. The van der Waals surface area contributed by atoms with Crippen LogP contribution in [0.25, 0.3) is 22.3 Å². The molecule has 0 radical (unpaired) electrons. The van der Waals surface area contributed by atoms with E-state index in [0.29, 0.717) is 21.8 Å². The zero-order chi connectivity index (χ0) is 20.4. The predicted molar refractivity (Wildman–Crippen MR) is 117 cm³/mol. The van der Waals surface area contributed by atoms with Crippen molar-refractivity contribution in [1.82, 2.24) is 10.2 Å². The molecule has 0 spiro atoms. The third-order valence-corrected chi connectivity index (χ3v) is 6.17. The fraction of sp³-hybridized carbons (Fsp3) is 0.143. The van der Waals surface area contributed by atoms with Gasteiger partial charge in [0.2, 0.25) is 5.13 Å². The first-order chi connectivity index (χ1) is 14.1. The summed E-state index contributed by atoms with van der Waals surface area (Å²) in [4.78, 5) is 25.8. The molecule has 0 fully saturated rings. The lowest BCUT2D eigenvalue weighted by Gasteiger charge is -2.10. The number of para-hydroxylation sites is 1. The van der Waals surface area contributed by atoms with E-state index in [1.54, 1.807) is 36.9 Å². The lowest BCUT2D eigenvalue weighted by molar-refractivity contribution is 0.102. The molecule has 2 aromatic carbocycles. The summed E-state index contributed by atoms with van der Waals surface area (Å²) >= 11 is 2.87. The topological polar surface area (TPSA) is 85.1 Å². The first-order valence-electron chi connectivity index (χ1n) is 8.98. The molecule has 0 saturated carbocycles. The number of nitrogens with one attached hydrogen (secondary N) is 1. The minimum Gasteiger partial charge on any atom is -0.455 e. The van der Waals surface area contributed by atoms with Crippen molar-refractivity contribution in [1.29, 1.82) is 0 Å². The average molecular weight is 424 g/mol. The molecule has 6 nitrogen and oxygen atoms in total. The van der Waals surface area contributed by atoms with Crippen LogP contribution in [0.5, 0.6) is 0 Å². The van der Waals surface area contributed by atoms with E-state index in [1.807, 2.05) is 37.3 Å². The van der Waals surface area contributed by atoms with E-state index in [2.05, 4.69) is 15.5 Å². The molecule has 29 heavy (non-hydrogen) atoms. The van der Waals surface area contributed by atoms with Crippen LogP contribution in [0.3, 0.4) is 0 Å². The van der Waals surface area contributed by atoms with Gasteiger partial charge in [0.05, 0.1) is 10.9 Å². The van der Waals surface area contributed by atoms with Crippen molar-refractivity contribution in [3.05, 3.63) is 69.9 Å². The van der Waals surface area contributed by atoms with Crippen LogP contribution in [-0.2, 0) is 0 Å². The molecule has 0 saturated heterocycles. The number of anilines is 1. The SMILES string of the molecule is CCSc1nnc(NC(=O)c2cccc3c(=O)c(C)c(-c4ccccc4)oc23)s1. The van der Waals surface area contributed by atoms with Gasteiger partial charge in [0, 0.05) is 11.1 Å². The third-order valence-electron chi connectivity index (χ3n) is 4.32. The maximum absolute atomic E-state index is 12.9. The van der Waals surface area contributed by atoms with Gasteiger partial charge in [-0.2, -0.15) is 0 Å². The van der Waals surface area contributed by atoms with Gasteiger partial charge in [0.1, 0.15) is 5.76 Å². The van der Waals surface area contributed by atoms with Crippen molar-refractivity contribution >= 4 is 45.1 Å². The minimum atomic E-state index is -0.397. The van der Waals surface area contributed by atoms with Crippen LogP contribution in [0.2, 0.25) is 0 Å². The van der Waals surface area contributed by atoms with E-state index >= 15 is 0 Å². The Morgan fingerprint density at radius 3 is 2.69 bits per heavy atom. The van der Waals surface area contributed by atoms with E-state index in [0.717, 1.165) is 15.7 Å². The maximum Gasteiger partial charge on any atom is 0.261 e. The number of carbonyl (C=O) groups excluding carboxylic acids is 1. The zero-order valence-electron chi connectivity index (χ0n) is 15.8. The number of amides is 1. The summed E-state index contributed by atoms with van der Waals surface area (Å²) in [5.74, 6) is 0.935. The average Bonchev–Trinajstić information content (AvgIpc) is 3.18. The number of fused-ring (bicyclic) bond motifs is 1. The molecule has 1 amide bonds. The molecular formula is C21H17N3O3S2. The zero-order valence-corrected chi connectivity index (χ0v) is 17.4. The Hall–Kier alpha value is -2.97. The summed E-state index contributed by atoms with van der Waals surface area (Å²) in [6.45, 7) is 3.75. The van der Waals surface area contributed by atoms with Crippen molar-refractivity contribution < 1.29 is 9.21 Å². The molecule has 0 atom stereocenters. The summed E-state index contributed by atoms with van der Waals surface area (Å²) in [5.41, 5.74) is 1.66. The Morgan fingerprint density at radius 2 is 1.93 bits per heavy atom. The fourth-order valence-corrected chi connectivity index (χ4v) is 4.60. The highest BCUT2D eigenvalue weighted by molar-refractivity contribution is 8.01.